The second kappa shape index (κ2) is 5.54. The highest BCUT2D eigenvalue weighted by Gasteiger charge is 2.19. The highest BCUT2D eigenvalue weighted by molar-refractivity contribution is 7.09. The number of aromatic nitrogens is 3. The molecule has 6 nitrogen and oxygen atoms in total. The molecule has 0 amide bonds. The summed E-state index contributed by atoms with van der Waals surface area (Å²) in [6, 6.07) is 3.01. The van der Waals surface area contributed by atoms with Crippen molar-refractivity contribution in [3.05, 3.63) is 35.4 Å². The van der Waals surface area contributed by atoms with Crippen LogP contribution in [-0.2, 0) is 12.0 Å². The van der Waals surface area contributed by atoms with Gasteiger partial charge in [-0.1, -0.05) is 20.8 Å². The van der Waals surface area contributed by atoms with Crippen molar-refractivity contribution < 1.29 is 9.90 Å². The second-order valence-electron chi connectivity index (χ2n) is 5.37. The lowest BCUT2D eigenvalue weighted by Crippen LogP contribution is -2.13. The van der Waals surface area contributed by atoms with Crippen LogP contribution in [0.4, 0.5) is 5.13 Å². The SMILES string of the molecule is CC(C)(C)c1nsc(NCc2cc(C(=O)O)ccn2)n1. The molecule has 0 radical (unpaired) electrons. The molecule has 0 saturated heterocycles. The number of pyridine rings is 1. The smallest absolute Gasteiger partial charge is 0.335 e. The molecule has 0 atom stereocenters. The molecule has 106 valence electrons. The Labute approximate surface area is 121 Å². The van der Waals surface area contributed by atoms with Crippen molar-refractivity contribution >= 4 is 22.6 Å². The van der Waals surface area contributed by atoms with E-state index in [2.05, 4.69) is 40.4 Å². The second-order valence-corrected chi connectivity index (χ2v) is 6.12. The lowest BCUT2D eigenvalue weighted by molar-refractivity contribution is 0.0696. The Morgan fingerprint density at radius 1 is 1.45 bits per heavy atom. The minimum absolute atomic E-state index is 0.0854. The number of carbonyl (C=O) groups is 1. The van der Waals surface area contributed by atoms with Crippen LogP contribution < -0.4 is 5.32 Å². The summed E-state index contributed by atoms with van der Waals surface area (Å²) in [5.74, 6) is -0.170. The maximum Gasteiger partial charge on any atom is 0.335 e. The number of aromatic carboxylic acids is 1. The number of rotatable bonds is 4. The Hall–Kier alpha value is -2.02. The van der Waals surface area contributed by atoms with Gasteiger partial charge in [-0.2, -0.15) is 4.37 Å². The topological polar surface area (TPSA) is 88.0 Å². The van der Waals surface area contributed by atoms with Crippen molar-refractivity contribution in [3.63, 3.8) is 0 Å². The molecule has 0 bridgehead atoms. The van der Waals surface area contributed by atoms with Gasteiger partial charge in [0.1, 0.15) is 5.82 Å². The fourth-order valence-corrected chi connectivity index (χ4v) is 2.23. The van der Waals surface area contributed by atoms with E-state index in [4.69, 9.17) is 5.11 Å². The van der Waals surface area contributed by atoms with Crippen molar-refractivity contribution in [2.45, 2.75) is 32.7 Å². The van der Waals surface area contributed by atoms with E-state index in [-0.39, 0.29) is 11.0 Å². The van der Waals surface area contributed by atoms with Gasteiger partial charge in [0.15, 0.2) is 0 Å². The Kier molecular flexibility index (Phi) is 3.99. The normalized spacial score (nSPS) is 11.3. The van der Waals surface area contributed by atoms with Crippen LogP contribution in [0, 0.1) is 0 Å². The van der Waals surface area contributed by atoms with Crippen LogP contribution in [0.2, 0.25) is 0 Å². The molecule has 7 heteroatoms. The summed E-state index contributed by atoms with van der Waals surface area (Å²) in [6.07, 6.45) is 1.49. The average molecular weight is 292 g/mol. The summed E-state index contributed by atoms with van der Waals surface area (Å²) in [6.45, 7) is 6.57. The molecule has 2 aromatic heterocycles. The first kappa shape index (κ1) is 14.4. The van der Waals surface area contributed by atoms with E-state index in [1.807, 2.05) is 0 Å². The molecule has 0 aliphatic carbocycles. The minimum Gasteiger partial charge on any atom is -0.478 e. The summed E-state index contributed by atoms with van der Waals surface area (Å²) >= 11 is 1.29. The molecule has 2 aromatic rings. The molecule has 0 aliphatic heterocycles. The maximum atomic E-state index is 10.9. The van der Waals surface area contributed by atoms with Gasteiger partial charge >= 0.3 is 5.97 Å². The minimum atomic E-state index is -0.959. The largest absolute Gasteiger partial charge is 0.478 e. The van der Waals surface area contributed by atoms with Gasteiger partial charge < -0.3 is 10.4 Å². The number of nitrogens with one attached hydrogen (secondary N) is 1. The van der Waals surface area contributed by atoms with Crippen molar-refractivity contribution in [1.82, 2.24) is 14.3 Å². The van der Waals surface area contributed by atoms with Gasteiger partial charge in [0.2, 0.25) is 5.13 Å². The van der Waals surface area contributed by atoms with Gasteiger partial charge in [-0.25, -0.2) is 9.78 Å². The van der Waals surface area contributed by atoms with E-state index in [1.165, 1.54) is 23.8 Å². The van der Waals surface area contributed by atoms with Crippen LogP contribution in [0.1, 0.15) is 42.6 Å². The molecule has 0 aromatic carbocycles. The fraction of sp³-hybridized carbons (Fsp3) is 0.385. The number of carboxylic acid groups (broad SMARTS) is 1. The van der Waals surface area contributed by atoms with Crippen LogP contribution in [-0.4, -0.2) is 25.4 Å². The van der Waals surface area contributed by atoms with Gasteiger partial charge in [-0.15, -0.1) is 0 Å². The van der Waals surface area contributed by atoms with E-state index in [9.17, 15) is 4.79 Å². The molecule has 0 aliphatic rings. The number of hydrogen-bond donors (Lipinski definition) is 2. The van der Waals surface area contributed by atoms with Crippen molar-refractivity contribution in [3.8, 4) is 0 Å². The van der Waals surface area contributed by atoms with Crippen LogP contribution in [0.25, 0.3) is 0 Å². The van der Waals surface area contributed by atoms with Crippen LogP contribution in [0.3, 0.4) is 0 Å². The van der Waals surface area contributed by atoms with E-state index in [1.54, 1.807) is 6.07 Å². The fourth-order valence-electron chi connectivity index (χ4n) is 1.47. The quantitative estimate of drug-likeness (QED) is 0.900. The summed E-state index contributed by atoms with van der Waals surface area (Å²) in [5, 5.41) is 12.7. The third kappa shape index (κ3) is 3.51. The molecule has 2 heterocycles. The molecular weight excluding hydrogens is 276 g/mol. The first-order valence-electron chi connectivity index (χ1n) is 6.12. The zero-order valence-corrected chi connectivity index (χ0v) is 12.4. The zero-order valence-electron chi connectivity index (χ0n) is 11.5. The first-order valence-corrected chi connectivity index (χ1v) is 6.90. The molecular formula is C13H16N4O2S. The molecule has 20 heavy (non-hydrogen) atoms. The molecule has 2 rings (SSSR count). The van der Waals surface area contributed by atoms with Gasteiger partial charge in [-0.3, -0.25) is 4.98 Å². The average Bonchev–Trinajstić information content (AvgIpc) is 2.85. The van der Waals surface area contributed by atoms with Gasteiger partial charge in [0.05, 0.1) is 17.8 Å². The van der Waals surface area contributed by atoms with Crippen LogP contribution in [0.5, 0.6) is 0 Å². The monoisotopic (exact) mass is 292 g/mol. The highest BCUT2D eigenvalue weighted by Crippen LogP contribution is 2.23. The highest BCUT2D eigenvalue weighted by atomic mass is 32.1. The van der Waals surface area contributed by atoms with Gasteiger partial charge in [0, 0.05) is 23.1 Å². The summed E-state index contributed by atoms with van der Waals surface area (Å²) in [5.41, 5.74) is 0.791. The first-order chi connectivity index (χ1) is 9.36. The molecule has 0 unspecified atom stereocenters. The van der Waals surface area contributed by atoms with Crippen LogP contribution >= 0.6 is 11.5 Å². The van der Waals surface area contributed by atoms with E-state index >= 15 is 0 Å². The Bertz CT molecular complexity index is 619. The Morgan fingerprint density at radius 3 is 2.80 bits per heavy atom. The van der Waals surface area contributed by atoms with Crippen molar-refractivity contribution in [1.29, 1.82) is 0 Å². The number of carboxylic acids is 1. The third-order valence-corrected chi connectivity index (χ3v) is 3.25. The van der Waals surface area contributed by atoms with Crippen molar-refractivity contribution in [2.75, 3.05) is 5.32 Å². The number of anilines is 1. The molecule has 0 saturated carbocycles. The standard InChI is InChI=1S/C13H16N4O2S/c1-13(2,3)11-16-12(20-17-11)15-7-9-6-8(10(18)19)4-5-14-9/h4-6H,7H2,1-3H3,(H,18,19)(H,15,16,17). The summed E-state index contributed by atoms with van der Waals surface area (Å²) in [7, 11) is 0. The van der Waals surface area contributed by atoms with Crippen LogP contribution in [0.15, 0.2) is 18.3 Å². The molecule has 0 spiro atoms. The lowest BCUT2D eigenvalue weighted by Gasteiger charge is -2.12. The molecule has 0 fully saturated rings. The predicted octanol–water partition coefficient (Wildman–Crippen LogP) is 2.54. The lowest BCUT2D eigenvalue weighted by atomic mass is 9.96. The Balaban J connectivity index is 2.04. The maximum absolute atomic E-state index is 10.9. The van der Waals surface area contributed by atoms with Gasteiger partial charge in [-0.05, 0) is 12.1 Å². The van der Waals surface area contributed by atoms with E-state index < -0.39 is 5.97 Å². The van der Waals surface area contributed by atoms with Crippen molar-refractivity contribution in [2.24, 2.45) is 0 Å². The molecule has 2 N–H and O–H groups in total. The predicted molar refractivity (Wildman–Crippen MR) is 77.1 cm³/mol. The number of nitrogens with zero attached hydrogens (tertiary/aromatic N) is 3. The van der Waals surface area contributed by atoms with E-state index in [0.717, 1.165) is 5.82 Å². The third-order valence-electron chi connectivity index (χ3n) is 2.58. The summed E-state index contributed by atoms with van der Waals surface area (Å²) < 4.78 is 4.30. The van der Waals surface area contributed by atoms with Gasteiger partial charge in [0.25, 0.3) is 0 Å². The number of hydrogen-bond acceptors (Lipinski definition) is 6. The van der Waals surface area contributed by atoms with E-state index in [0.29, 0.717) is 17.4 Å². The summed E-state index contributed by atoms with van der Waals surface area (Å²) in [4.78, 5) is 19.4. The zero-order chi connectivity index (χ0) is 14.8. The Morgan fingerprint density at radius 2 is 2.20 bits per heavy atom.